The lowest BCUT2D eigenvalue weighted by Gasteiger charge is -2.29. The second kappa shape index (κ2) is 7.47. The van der Waals surface area contributed by atoms with Gasteiger partial charge in [0.15, 0.2) is 0 Å². The number of ether oxygens (including phenoxy) is 1. The highest BCUT2D eigenvalue weighted by molar-refractivity contribution is 9.11. The minimum Gasteiger partial charge on any atom is -0.378 e. The highest BCUT2D eigenvalue weighted by Gasteiger charge is 2.15. The van der Waals surface area contributed by atoms with E-state index in [1.165, 1.54) is 0 Å². The fourth-order valence-corrected chi connectivity index (χ4v) is 3.58. The molecule has 23 heavy (non-hydrogen) atoms. The molecule has 0 bridgehead atoms. The second-order valence-corrected chi connectivity index (χ2v) is 6.91. The third-order valence-corrected chi connectivity index (χ3v) is 5.00. The molecule has 1 aliphatic heterocycles. The summed E-state index contributed by atoms with van der Waals surface area (Å²) in [4.78, 5) is 14.6. The van der Waals surface area contributed by atoms with Crippen LogP contribution in [-0.2, 0) is 4.74 Å². The zero-order valence-corrected chi connectivity index (χ0v) is 15.6. The predicted molar refractivity (Wildman–Crippen MR) is 99.3 cm³/mol. The highest BCUT2D eigenvalue weighted by Crippen LogP contribution is 2.30. The Morgan fingerprint density at radius 2 is 1.78 bits per heavy atom. The van der Waals surface area contributed by atoms with E-state index in [1.54, 1.807) is 6.07 Å². The van der Waals surface area contributed by atoms with Gasteiger partial charge in [0.1, 0.15) is 0 Å². The summed E-state index contributed by atoms with van der Waals surface area (Å²) in [5.41, 5.74) is 2.49. The maximum atomic E-state index is 12.3. The summed E-state index contributed by atoms with van der Waals surface area (Å²) in [6, 6.07) is 13.2. The first-order chi connectivity index (χ1) is 11.1. The molecule has 1 aliphatic rings. The maximum absolute atomic E-state index is 12.3. The molecule has 0 radical (unpaired) electrons. The smallest absolute Gasteiger partial charge is 0.256 e. The van der Waals surface area contributed by atoms with Crippen molar-refractivity contribution in [1.82, 2.24) is 0 Å². The molecule has 6 heteroatoms. The van der Waals surface area contributed by atoms with Crippen LogP contribution in [0.4, 0.5) is 11.4 Å². The van der Waals surface area contributed by atoms with E-state index in [1.807, 2.05) is 36.4 Å². The maximum Gasteiger partial charge on any atom is 0.256 e. The lowest BCUT2D eigenvalue weighted by atomic mass is 10.2. The molecule has 0 aromatic heterocycles. The third kappa shape index (κ3) is 3.94. The van der Waals surface area contributed by atoms with E-state index in [4.69, 9.17) is 4.74 Å². The van der Waals surface area contributed by atoms with Crippen LogP contribution >= 0.6 is 31.9 Å². The van der Waals surface area contributed by atoms with Crippen molar-refractivity contribution in [3.8, 4) is 0 Å². The molecule has 1 heterocycles. The van der Waals surface area contributed by atoms with Crippen molar-refractivity contribution in [3.63, 3.8) is 0 Å². The third-order valence-electron chi connectivity index (χ3n) is 3.68. The van der Waals surface area contributed by atoms with Gasteiger partial charge in [-0.15, -0.1) is 0 Å². The van der Waals surface area contributed by atoms with Gasteiger partial charge in [0.2, 0.25) is 0 Å². The van der Waals surface area contributed by atoms with Gasteiger partial charge in [0.25, 0.3) is 5.91 Å². The molecule has 1 amide bonds. The predicted octanol–water partition coefficient (Wildman–Crippen LogP) is 4.30. The van der Waals surface area contributed by atoms with Gasteiger partial charge in [-0.25, -0.2) is 0 Å². The molecule has 1 fully saturated rings. The summed E-state index contributed by atoms with van der Waals surface area (Å²) < 4.78 is 7.12. The zero-order chi connectivity index (χ0) is 16.2. The van der Waals surface area contributed by atoms with Crippen LogP contribution in [0.2, 0.25) is 0 Å². The number of amides is 1. The Kier molecular flexibility index (Phi) is 5.35. The SMILES string of the molecule is O=C(Nc1ccc(N2CCOCC2)c(Br)c1)c1ccccc1Br. The van der Waals surface area contributed by atoms with E-state index in [0.29, 0.717) is 5.56 Å². The largest absolute Gasteiger partial charge is 0.378 e. The average molecular weight is 440 g/mol. The van der Waals surface area contributed by atoms with Crippen LogP contribution in [0, 0.1) is 0 Å². The quantitative estimate of drug-likeness (QED) is 0.775. The van der Waals surface area contributed by atoms with Crippen molar-refractivity contribution >= 4 is 49.1 Å². The molecule has 0 atom stereocenters. The Morgan fingerprint density at radius 1 is 1.04 bits per heavy atom. The average Bonchev–Trinajstić information content (AvgIpc) is 2.56. The Labute approximate surface area is 152 Å². The zero-order valence-electron chi connectivity index (χ0n) is 12.4. The van der Waals surface area contributed by atoms with E-state index in [-0.39, 0.29) is 5.91 Å². The summed E-state index contributed by atoms with van der Waals surface area (Å²) in [5.74, 6) is -0.136. The molecule has 3 rings (SSSR count). The van der Waals surface area contributed by atoms with E-state index >= 15 is 0 Å². The summed E-state index contributed by atoms with van der Waals surface area (Å²) >= 11 is 7.00. The first-order valence-corrected chi connectivity index (χ1v) is 8.92. The molecule has 4 nitrogen and oxygen atoms in total. The lowest BCUT2D eigenvalue weighted by molar-refractivity contribution is 0.102. The van der Waals surface area contributed by atoms with Gasteiger partial charge in [-0.1, -0.05) is 12.1 Å². The molecule has 0 spiro atoms. The van der Waals surface area contributed by atoms with E-state index in [2.05, 4.69) is 42.1 Å². The molecule has 0 saturated carbocycles. The number of rotatable bonds is 3. The van der Waals surface area contributed by atoms with Crippen LogP contribution < -0.4 is 10.2 Å². The monoisotopic (exact) mass is 438 g/mol. The minimum absolute atomic E-state index is 0.136. The molecular weight excluding hydrogens is 424 g/mol. The first kappa shape index (κ1) is 16.5. The molecule has 2 aromatic carbocycles. The molecule has 120 valence electrons. The van der Waals surface area contributed by atoms with Crippen molar-refractivity contribution in [2.24, 2.45) is 0 Å². The van der Waals surface area contributed by atoms with E-state index < -0.39 is 0 Å². The number of nitrogens with zero attached hydrogens (tertiary/aromatic N) is 1. The van der Waals surface area contributed by atoms with Crippen LogP contribution in [0.25, 0.3) is 0 Å². The van der Waals surface area contributed by atoms with Gasteiger partial charge in [-0.2, -0.15) is 0 Å². The molecule has 1 saturated heterocycles. The van der Waals surface area contributed by atoms with Crippen molar-refractivity contribution in [2.75, 3.05) is 36.5 Å². The molecule has 0 unspecified atom stereocenters. The number of halogens is 2. The standard InChI is InChI=1S/C17H16Br2N2O2/c18-14-4-2-1-3-13(14)17(22)20-12-5-6-16(15(19)11-12)21-7-9-23-10-8-21/h1-6,11H,7-10H2,(H,20,22). The summed E-state index contributed by atoms with van der Waals surface area (Å²) in [5, 5.41) is 2.93. The summed E-state index contributed by atoms with van der Waals surface area (Å²) in [6.45, 7) is 3.24. The van der Waals surface area contributed by atoms with Gasteiger partial charge >= 0.3 is 0 Å². The van der Waals surface area contributed by atoms with Gasteiger partial charge in [0, 0.05) is 27.7 Å². The molecular formula is C17H16Br2N2O2. The van der Waals surface area contributed by atoms with Crippen LogP contribution in [0.5, 0.6) is 0 Å². The number of benzene rings is 2. The second-order valence-electron chi connectivity index (χ2n) is 5.20. The molecule has 1 N–H and O–H groups in total. The van der Waals surface area contributed by atoms with Crippen molar-refractivity contribution in [2.45, 2.75) is 0 Å². The van der Waals surface area contributed by atoms with Gasteiger partial charge in [0.05, 0.1) is 24.5 Å². The van der Waals surface area contributed by atoms with E-state index in [9.17, 15) is 4.79 Å². The first-order valence-electron chi connectivity index (χ1n) is 7.33. The van der Waals surface area contributed by atoms with Crippen LogP contribution in [0.3, 0.4) is 0 Å². The summed E-state index contributed by atoms with van der Waals surface area (Å²) in [6.07, 6.45) is 0. The Hall–Kier alpha value is -1.37. The molecule has 2 aromatic rings. The highest BCUT2D eigenvalue weighted by atomic mass is 79.9. The lowest BCUT2D eigenvalue weighted by Crippen LogP contribution is -2.36. The van der Waals surface area contributed by atoms with Crippen LogP contribution in [0.15, 0.2) is 51.4 Å². The van der Waals surface area contributed by atoms with Crippen LogP contribution in [0.1, 0.15) is 10.4 Å². The normalized spacial score (nSPS) is 14.6. The van der Waals surface area contributed by atoms with Crippen molar-refractivity contribution < 1.29 is 9.53 Å². The van der Waals surface area contributed by atoms with Gasteiger partial charge in [-0.3, -0.25) is 4.79 Å². The van der Waals surface area contributed by atoms with Gasteiger partial charge in [-0.05, 0) is 62.2 Å². The Balaban J connectivity index is 1.75. The summed E-state index contributed by atoms with van der Waals surface area (Å²) in [7, 11) is 0. The van der Waals surface area contributed by atoms with Crippen molar-refractivity contribution in [3.05, 3.63) is 57.0 Å². The molecule has 0 aliphatic carbocycles. The minimum atomic E-state index is -0.136. The number of carbonyl (C=O) groups is 1. The van der Waals surface area contributed by atoms with Crippen molar-refractivity contribution in [1.29, 1.82) is 0 Å². The number of anilines is 2. The number of morpholine rings is 1. The fourth-order valence-electron chi connectivity index (χ4n) is 2.49. The van der Waals surface area contributed by atoms with E-state index in [0.717, 1.165) is 46.6 Å². The topological polar surface area (TPSA) is 41.6 Å². The number of carbonyl (C=O) groups excluding carboxylic acids is 1. The Bertz CT molecular complexity index is 715. The number of hydrogen-bond acceptors (Lipinski definition) is 3. The van der Waals surface area contributed by atoms with Gasteiger partial charge < -0.3 is 15.0 Å². The number of nitrogens with one attached hydrogen (secondary N) is 1. The number of hydrogen-bond donors (Lipinski definition) is 1. The van der Waals surface area contributed by atoms with Crippen LogP contribution in [-0.4, -0.2) is 32.2 Å². The fraction of sp³-hybridized carbons (Fsp3) is 0.235. The Morgan fingerprint density at radius 3 is 2.48 bits per heavy atom.